The van der Waals surface area contributed by atoms with Gasteiger partial charge in [-0.2, -0.15) is 0 Å². The number of ether oxygens (including phenoxy) is 1. The first-order valence-electron chi connectivity index (χ1n) is 7.94. The highest BCUT2D eigenvalue weighted by atomic mass is 127. The second-order valence-electron chi connectivity index (χ2n) is 6.36. The highest BCUT2D eigenvalue weighted by Crippen LogP contribution is 2.35. The summed E-state index contributed by atoms with van der Waals surface area (Å²) in [5.41, 5.74) is 6.87. The molecule has 0 amide bonds. The zero-order chi connectivity index (χ0) is 16.6. The van der Waals surface area contributed by atoms with Crippen molar-refractivity contribution in [3.63, 3.8) is 0 Å². The van der Waals surface area contributed by atoms with E-state index >= 15 is 0 Å². The molecular weight excluding hydrogens is 407 g/mol. The van der Waals surface area contributed by atoms with Gasteiger partial charge in [-0.05, 0) is 48.3 Å². The Morgan fingerprint density at radius 3 is 2.70 bits per heavy atom. The van der Waals surface area contributed by atoms with Gasteiger partial charge in [0.2, 0.25) is 0 Å². The molecule has 2 heterocycles. The number of anilines is 1. The summed E-state index contributed by atoms with van der Waals surface area (Å²) in [5.74, 6) is 0.356. The Morgan fingerprint density at radius 1 is 1.35 bits per heavy atom. The zero-order valence-electron chi connectivity index (χ0n) is 13.3. The lowest BCUT2D eigenvalue weighted by Crippen LogP contribution is -2.27. The van der Waals surface area contributed by atoms with Crippen molar-refractivity contribution >= 4 is 45.4 Å². The topological polar surface area (TPSA) is 83.0 Å². The van der Waals surface area contributed by atoms with Crippen LogP contribution < -0.4 is 5.73 Å². The minimum Gasteiger partial charge on any atom is -0.462 e. The van der Waals surface area contributed by atoms with Crippen molar-refractivity contribution in [3.05, 3.63) is 16.1 Å². The Kier molecular flexibility index (Phi) is 4.74. The van der Waals surface area contributed by atoms with Crippen LogP contribution in [0.2, 0.25) is 0 Å². The summed E-state index contributed by atoms with van der Waals surface area (Å²) in [6, 6.07) is 0.365. The number of hydrogen-bond acceptors (Lipinski definition) is 5. The van der Waals surface area contributed by atoms with Gasteiger partial charge in [0, 0.05) is 15.8 Å². The van der Waals surface area contributed by atoms with Crippen LogP contribution in [-0.4, -0.2) is 26.6 Å². The van der Waals surface area contributed by atoms with Crippen LogP contribution in [0.1, 0.15) is 45.6 Å². The number of hydrogen-bond donors (Lipinski definition) is 1. The second kappa shape index (κ2) is 6.62. The van der Waals surface area contributed by atoms with Gasteiger partial charge in [0.25, 0.3) is 0 Å². The van der Waals surface area contributed by atoms with Gasteiger partial charge in [-0.3, -0.25) is 4.79 Å². The molecule has 2 aromatic rings. The molecule has 0 atom stereocenters. The van der Waals surface area contributed by atoms with Gasteiger partial charge < -0.3 is 15.0 Å². The molecule has 1 aliphatic rings. The van der Waals surface area contributed by atoms with E-state index in [0.29, 0.717) is 11.9 Å². The maximum absolute atomic E-state index is 11.7. The standard InChI is InChI=1S/C16H21IN4O2/c1-9(2)16(22)23-11-5-3-10(4-6-11)21-7-12(17)13-14(18)19-8-20-15(13)21/h7-11H,3-6H2,1-2H3,(H2,18,19,20)/t10-,11+. The van der Waals surface area contributed by atoms with Gasteiger partial charge >= 0.3 is 5.97 Å². The van der Waals surface area contributed by atoms with Crippen LogP contribution in [0.15, 0.2) is 12.5 Å². The van der Waals surface area contributed by atoms with E-state index in [1.807, 2.05) is 13.8 Å². The second-order valence-corrected chi connectivity index (χ2v) is 7.53. The van der Waals surface area contributed by atoms with Crippen molar-refractivity contribution in [1.29, 1.82) is 0 Å². The van der Waals surface area contributed by atoms with Gasteiger partial charge in [0.15, 0.2) is 0 Å². The Balaban J connectivity index is 1.74. The third-order valence-electron chi connectivity index (χ3n) is 4.38. The predicted molar refractivity (Wildman–Crippen MR) is 96.9 cm³/mol. The zero-order valence-corrected chi connectivity index (χ0v) is 15.5. The van der Waals surface area contributed by atoms with Crippen LogP contribution in [-0.2, 0) is 9.53 Å². The highest BCUT2D eigenvalue weighted by Gasteiger charge is 2.27. The number of nitrogens with zero attached hydrogens (tertiary/aromatic N) is 3. The average molecular weight is 428 g/mol. The molecule has 3 rings (SSSR count). The molecule has 0 spiro atoms. The molecule has 0 aromatic carbocycles. The van der Waals surface area contributed by atoms with Crippen LogP contribution in [0.3, 0.4) is 0 Å². The maximum atomic E-state index is 11.7. The van der Waals surface area contributed by atoms with Crippen molar-refractivity contribution in [2.45, 2.75) is 51.7 Å². The molecule has 2 aromatic heterocycles. The summed E-state index contributed by atoms with van der Waals surface area (Å²) in [4.78, 5) is 20.2. The van der Waals surface area contributed by atoms with Gasteiger partial charge in [0.05, 0.1) is 11.3 Å². The number of carbonyl (C=O) groups is 1. The summed E-state index contributed by atoms with van der Waals surface area (Å²) < 4.78 is 8.83. The van der Waals surface area contributed by atoms with E-state index in [9.17, 15) is 4.79 Å². The van der Waals surface area contributed by atoms with Gasteiger partial charge in [-0.1, -0.05) is 13.8 Å². The number of aromatic nitrogens is 3. The van der Waals surface area contributed by atoms with E-state index < -0.39 is 0 Å². The molecule has 2 N–H and O–H groups in total. The van der Waals surface area contributed by atoms with Gasteiger partial charge in [-0.15, -0.1) is 0 Å². The Bertz CT molecular complexity index is 720. The molecule has 0 unspecified atom stereocenters. The summed E-state index contributed by atoms with van der Waals surface area (Å²) >= 11 is 2.28. The van der Waals surface area contributed by atoms with Crippen LogP contribution in [0.5, 0.6) is 0 Å². The van der Waals surface area contributed by atoms with E-state index in [-0.39, 0.29) is 18.0 Å². The monoisotopic (exact) mass is 428 g/mol. The van der Waals surface area contributed by atoms with Crippen molar-refractivity contribution in [2.24, 2.45) is 5.92 Å². The Labute approximate surface area is 148 Å². The molecule has 0 bridgehead atoms. The summed E-state index contributed by atoms with van der Waals surface area (Å²) in [6.07, 6.45) is 7.38. The van der Waals surface area contributed by atoms with E-state index in [1.165, 1.54) is 6.33 Å². The molecule has 7 heteroatoms. The maximum Gasteiger partial charge on any atom is 0.308 e. The molecule has 0 saturated heterocycles. The Morgan fingerprint density at radius 2 is 2.04 bits per heavy atom. The SMILES string of the molecule is CC(C)C(=O)O[C@H]1CC[C@@H](n2cc(I)c3c(N)ncnc32)CC1. The van der Waals surface area contributed by atoms with Crippen LogP contribution in [0.25, 0.3) is 11.0 Å². The summed E-state index contributed by atoms with van der Waals surface area (Å²) in [6.45, 7) is 3.73. The van der Waals surface area contributed by atoms with Gasteiger partial charge in [0.1, 0.15) is 23.9 Å². The summed E-state index contributed by atoms with van der Waals surface area (Å²) in [5, 5.41) is 0.932. The van der Waals surface area contributed by atoms with Gasteiger partial charge in [-0.25, -0.2) is 9.97 Å². The molecule has 1 fully saturated rings. The van der Waals surface area contributed by atoms with Crippen molar-refractivity contribution in [3.8, 4) is 0 Å². The number of halogens is 1. The third kappa shape index (κ3) is 3.29. The van der Waals surface area contributed by atoms with Crippen LogP contribution in [0, 0.1) is 9.49 Å². The lowest BCUT2D eigenvalue weighted by atomic mass is 9.92. The molecule has 23 heavy (non-hydrogen) atoms. The first-order valence-corrected chi connectivity index (χ1v) is 9.02. The number of fused-ring (bicyclic) bond motifs is 1. The lowest BCUT2D eigenvalue weighted by Gasteiger charge is -2.30. The van der Waals surface area contributed by atoms with E-state index in [1.54, 1.807) is 0 Å². The first kappa shape index (κ1) is 16.5. The smallest absolute Gasteiger partial charge is 0.308 e. The molecular formula is C16H21IN4O2. The van der Waals surface area contributed by atoms with E-state index in [2.05, 4.69) is 43.3 Å². The van der Waals surface area contributed by atoms with Crippen molar-refractivity contribution in [1.82, 2.24) is 14.5 Å². The number of nitrogens with two attached hydrogens (primary N) is 1. The Hall–Kier alpha value is -1.38. The fourth-order valence-electron chi connectivity index (χ4n) is 3.08. The molecule has 0 aliphatic heterocycles. The molecule has 0 radical (unpaired) electrons. The summed E-state index contributed by atoms with van der Waals surface area (Å²) in [7, 11) is 0. The molecule has 1 saturated carbocycles. The minimum atomic E-state index is -0.102. The fourth-order valence-corrected chi connectivity index (χ4v) is 3.90. The van der Waals surface area contributed by atoms with E-state index in [0.717, 1.165) is 40.3 Å². The number of nitrogen functional groups attached to an aromatic ring is 1. The van der Waals surface area contributed by atoms with Crippen LogP contribution >= 0.6 is 22.6 Å². The van der Waals surface area contributed by atoms with Crippen molar-refractivity contribution in [2.75, 3.05) is 5.73 Å². The number of carbonyl (C=O) groups excluding carboxylic acids is 1. The molecule has 1 aliphatic carbocycles. The minimum absolute atomic E-state index is 0.0433. The quantitative estimate of drug-likeness (QED) is 0.599. The normalized spacial score (nSPS) is 21.7. The molecule has 124 valence electrons. The number of rotatable bonds is 3. The van der Waals surface area contributed by atoms with E-state index in [4.69, 9.17) is 10.5 Å². The van der Waals surface area contributed by atoms with Crippen molar-refractivity contribution < 1.29 is 9.53 Å². The average Bonchev–Trinajstić information content (AvgIpc) is 2.86. The highest BCUT2D eigenvalue weighted by molar-refractivity contribution is 14.1. The van der Waals surface area contributed by atoms with Crippen LogP contribution in [0.4, 0.5) is 5.82 Å². The lowest BCUT2D eigenvalue weighted by molar-refractivity contribution is -0.154. The third-order valence-corrected chi connectivity index (χ3v) is 5.20. The largest absolute Gasteiger partial charge is 0.462 e. The molecule has 6 nitrogen and oxygen atoms in total. The first-order chi connectivity index (χ1) is 11.0. The fraction of sp³-hybridized carbons (Fsp3) is 0.562. The number of esters is 1. The predicted octanol–water partition coefficient (Wildman–Crippen LogP) is 3.30.